The van der Waals surface area contributed by atoms with Crippen molar-refractivity contribution in [3.05, 3.63) is 45.6 Å². The zero-order valence-electron chi connectivity index (χ0n) is 13.7. The van der Waals surface area contributed by atoms with Crippen LogP contribution in [0.1, 0.15) is 29.4 Å². The Hall–Kier alpha value is -1.41. The van der Waals surface area contributed by atoms with Crippen LogP contribution in [0.4, 0.5) is 5.69 Å². The number of sulfonamides is 1. The fourth-order valence-corrected chi connectivity index (χ4v) is 5.69. The number of benzene rings is 1. The smallest absolute Gasteiger partial charge is 0.265 e. The Balaban J connectivity index is 1.75. The highest BCUT2D eigenvalue weighted by Gasteiger charge is 2.30. The van der Waals surface area contributed by atoms with E-state index in [4.69, 9.17) is 11.6 Å². The number of piperidine rings is 1. The maximum Gasteiger partial charge on any atom is 0.265 e. The minimum Gasteiger partial charge on any atom is -0.321 e. The third-order valence-corrected chi connectivity index (χ3v) is 7.33. The van der Waals surface area contributed by atoms with Crippen molar-refractivity contribution < 1.29 is 13.2 Å². The minimum absolute atomic E-state index is 0.188. The Morgan fingerprint density at radius 2 is 2.04 bits per heavy atom. The normalized spacial score (nSPS) is 18.9. The fraction of sp³-hybridized carbons (Fsp3) is 0.353. The Kier molecular flexibility index (Phi) is 5.48. The summed E-state index contributed by atoms with van der Waals surface area (Å²) >= 11 is 6.95. The van der Waals surface area contributed by atoms with Crippen LogP contribution in [0, 0.1) is 5.92 Å². The molecule has 1 aromatic carbocycles. The lowest BCUT2D eigenvalue weighted by Gasteiger charge is -2.29. The second-order valence-electron chi connectivity index (χ2n) is 6.22. The van der Waals surface area contributed by atoms with Gasteiger partial charge in [-0.05, 0) is 49.1 Å². The highest BCUT2D eigenvalue weighted by molar-refractivity contribution is 7.89. The topological polar surface area (TPSA) is 66.5 Å². The molecule has 1 aliphatic rings. The lowest BCUT2D eigenvalue weighted by atomic mass is 10.0. The molecule has 1 N–H and O–H groups in total. The van der Waals surface area contributed by atoms with Crippen molar-refractivity contribution in [1.29, 1.82) is 0 Å². The van der Waals surface area contributed by atoms with Crippen molar-refractivity contribution in [1.82, 2.24) is 4.31 Å². The van der Waals surface area contributed by atoms with Crippen LogP contribution in [0.3, 0.4) is 0 Å². The van der Waals surface area contributed by atoms with E-state index in [9.17, 15) is 13.2 Å². The average Bonchev–Trinajstić information content (AvgIpc) is 3.08. The molecule has 1 fully saturated rings. The molecule has 0 radical (unpaired) electrons. The van der Waals surface area contributed by atoms with Crippen LogP contribution in [0.2, 0.25) is 5.02 Å². The standard InChI is InChI=1S/C17H19ClN2O3S2/c1-12-3-2-8-20(10-12)25(22,23)15-9-16(24-11-15)17(21)19-14-6-4-13(18)5-7-14/h4-7,9,11-12H,2-3,8,10H2,1H3,(H,19,21). The Labute approximate surface area is 156 Å². The van der Waals surface area contributed by atoms with Gasteiger partial charge in [0.2, 0.25) is 10.0 Å². The SMILES string of the molecule is CC1CCCN(S(=O)(=O)c2csc(C(=O)Nc3ccc(Cl)cc3)c2)C1. The minimum atomic E-state index is -3.54. The van der Waals surface area contributed by atoms with Gasteiger partial charge in [0.25, 0.3) is 5.91 Å². The summed E-state index contributed by atoms with van der Waals surface area (Å²) in [6.45, 7) is 3.12. The van der Waals surface area contributed by atoms with E-state index in [1.807, 2.05) is 0 Å². The fourth-order valence-electron chi connectivity index (χ4n) is 2.81. The summed E-state index contributed by atoms with van der Waals surface area (Å²) in [5.74, 6) is 0.0237. The van der Waals surface area contributed by atoms with Crippen molar-refractivity contribution in [3.63, 3.8) is 0 Å². The van der Waals surface area contributed by atoms with Crippen LogP contribution < -0.4 is 5.32 Å². The number of hydrogen-bond acceptors (Lipinski definition) is 4. The lowest BCUT2D eigenvalue weighted by Crippen LogP contribution is -2.38. The first kappa shape index (κ1) is 18.4. The highest BCUT2D eigenvalue weighted by atomic mass is 35.5. The molecule has 2 aromatic rings. The molecule has 134 valence electrons. The van der Waals surface area contributed by atoms with Gasteiger partial charge in [0.05, 0.1) is 9.77 Å². The Bertz CT molecular complexity index is 862. The molecule has 1 unspecified atom stereocenters. The lowest BCUT2D eigenvalue weighted by molar-refractivity contribution is 0.103. The predicted octanol–water partition coefficient (Wildman–Crippen LogP) is 4.07. The van der Waals surface area contributed by atoms with Crippen molar-refractivity contribution >= 4 is 44.6 Å². The van der Waals surface area contributed by atoms with Crippen molar-refractivity contribution in [2.24, 2.45) is 5.92 Å². The number of thiophene rings is 1. The van der Waals surface area contributed by atoms with Gasteiger partial charge in [0, 0.05) is 29.2 Å². The number of carbonyl (C=O) groups excluding carboxylic acids is 1. The molecule has 2 heterocycles. The number of nitrogens with zero attached hydrogens (tertiary/aromatic N) is 1. The number of anilines is 1. The molecule has 5 nitrogen and oxygen atoms in total. The van der Waals surface area contributed by atoms with Gasteiger partial charge in [-0.25, -0.2) is 8.42 Å². The van der Waals surface area contributed by atoms with E-state index >= 15 is 0 Å². The summed E-state index contributed by atoms with van der Waals surface area (Å²) < 4.78 is 27.0. The largest absolute Gasteiger partial charge is 0.321 e. The van der Waals surface area contributed by atoms with Gasteiger partial charge in [-0.1, -0.05) is 18.5 Å². The molecule has 1 amide bonds. The van der Waals surface area contributed by atoms with Gasteiger partial charge in [-0.15, -0.1) is 11.3 Å². The first-order valence-electron chi connectivity index (χ1n) is 8.02. The van der Waals surface area contributed by atoms with E-state index in [-0.39, 0.29) is 10.8 Å². The Morgan fingerprint density at radius 1 is 1.32 bits per heavy atom. The summed E-state index contributed by atoms with van der Waals surface area (Å²) in [6.07, 6.45) is 1.92. The van der Waals surface area contributed by atoms with E-state index in [2.05, 4.69) is 12.2 Å². The first-order valence-corrected chi connectivity index (χ1v) is 10.7. The third-order valence-electron chi connectivity index (χ3n) is 4.16. The van der Waals surface area contributed by atoms with Crippen LogP contribution in [0.15, 0.2) is 40.6 Å². The maximum absolute atomic E-state index is 12.8. The third kappa shape index (κ3) is 4.23. The summed E-state index contributed by atoms with van der Waals surface area (Å²) in [4.78, 5) is 12.9. The molecule has 0 aliphatic carbocycles. The van der Waals surface area contributed by atoms with Gasteiger partial charge < -0.3 is 5.32 Å². The van der Waals surface area contributed by atoms with E-state index in [1.54, 1.807) is 24.3 Å². The van der Waals surface area contributed by atoms with Crippen molar-refractivity contribution in [3.8, 4) is 0 Å². The number of halogens is 1. The summed E-state index contributed by atoms with van der Waals surface area (Å²) in [5.41, 5.74) is 0.608. The monoisotopic (exact) mass is 398 g/mol. The quantitative estimate of drug-likeness (QED) is 0.843. The van der Waals surface area contributed by atoms with E-state index in [1.165, 1.54) is 15.8 Å². The first-order chi connectivity index (χ1) is 11.9. The molecule has 1 aliphatic heterocycles. The highest BCUT2D eigenvalue weighted by Crippen LogP contribution is 2.27. The molecular weight excluding hydrogens is 380 g/mol. The zero-order valence-corrected chi connectivity index (χ0v) is 16.1. The molecule has 1 saturated heterocycles. The van der Waals surface area contributed by atoms with Crippen LogP contribution in [-0.2, 0) is 10.0 Å². The van der Waals surface area contributed by atoms with Gasteiger partial charge in [-0.2, -0.15) is 4.31 Å². The number of rotatable bonds is 4. The number of carbonyl (C=O) groups is 1. The molecule has 0 bridgehead atoms. The van der Waals surface area contributed by atoms with E-state index in [0.717, 1.165) is 24.2 Å². The molecule has 3 rings (SSSR count). The average molecular weight is 399 g/mol. The van der Waals surface area contributed by atoms with E-state index < -0.39 is 10.0 Å². The zero-order chi connectivity index (χ0) is 18.0. The molecule has 0 saturated carbocycles. The predicted molar refractivity (Wildman–Crippen MR) is 101 cm³/mol. The molecule has 0 spiro atoms. The van der Waals surface area contributed by atoms with Crippen molar-refractivity contribution in [2.75, 3.05) is 18.4 Å². The number of hydrogen-bond donors (Lipinski definition) is 1. The number of amides is 1. The second kappa shape index (κ2) is 7.45. The van der Waals surface area contributed by atoms with Crippen LogP contribution in [0.25, 0.3) is 0 Å². The maximum atomic E-state index is 12.8. The summed E-state index contributed by atoms with van der Waals surface area (Å²) in [7, 11) is -3.54. The number of nitrogens with one attached hydrogen (secondary N) is 1. The molecular formula is C17H19ClN2O3S2. The van der Waals surface area contributed by atoms with E-state index in [0.29, 0.717) is 34.6 Å². The van der Waals surface area contributed by atoms with Crippen LogP contribution >= 0.6 is 22.9 Å². The molecule has 8 heteroatoms. The van der Waals surface area contributed by atoms with Gasteiger partial charge in [-0.3, -0.25) is 4.79 Å². The van der Waals surface area contributed by atoms with Crippen LogP contribution in [0.5, 0.6) is 0 Å². The van der Waals surface area contributed by atoms with Gasteiger partial charge >= 0.3 is 0 Å². The molecule has 1 atom stereocenters. The molecule has 1 aromatic heterocycles. The van der Waals surface area contributed by atoms with Gasteiger partial charge in [0.1, 0.15) is 0 Å². The van der Waals surface area contributed by atoms with Crippen LogP contribution in [-0.4, -0.2) is 31.7 Å². The summed E-state index contributed by atoms with van der Waals surface area (Å²) in [5, 5.41) is 4.86. The van der Waals surface area contributed by atoms with Crippen molar-refractivity contribution in [2.45, 2.75) is 24.7 Å². The molecule has 25 heavy (non-hydrogen) atoms. The second-order valence-corrected chi connectivity index (χ2v) is 9.50. The van der Waals surface area contributed by atoms with Gasteiger partial charge in [0.15, 0.2) is 0 Å². The summed E-state index contributed by atoms with van der Waals surface area (Å²) in [6, 6.07) is 8.20. The Morgan fingerprint density at radius 3 is 2.72 bits per heavy atom.